The summed E-state index contributed by atoms with van der Waals surface area (Å²) in [6.45, 7) is 3.05. The van der Waals surface area contributed by atoms with Crippen molar-refractivity contribution in [2.45, 2.75) is 24.7 Å². The molecule has 0 atom stereocenters. The Morgan fingerprint density at radius 2 is 1.96 bits per heavy atom. The number of benzene rings is 1. The van der Waals surface area contributed by atoms with Crippen molar-refractivity contribution in [2.75, 3.05) is 30.3 Å². The van der Waals surface area contributed by atoms with Gasteiger partial charge < -0.3 is 10.6 Å². The number of nitrogens with one attached hydrogen (secondary N) is 2. The monoisotopic (exact) mass is 452 g/mol. The minimum atomic E-state index is -3.48. The number of aryl methyl sites for hydroxylation is 1. The summed E-state index contributed by atoms with van der Waals surface area (Å²) in [5.41, 5.74) is 1.69. The van der Waals surface area contributed by atoms with Crippen LogP contribution in [0.3, 0.4) is 0 Å². The summed E-state index contributed by atoms with van der Waals surface area (Å²) < 4.78 is 27.4. The molecule has 0 saturated carbocycles. The first-order valence-corrected chi connectivity index (χ1v) is 10.9. The smallest absolute Gasteiger partial charge is 0.244 e. The molecule has 1 amide bonds. The summed E-state index contributed by atoms with van der Waals surface area (Å²) in [6, 6.07) is 8.69. The van der Waals surface area contributed by atoms with Gasteiger partial charge in [-0.3, -0.25) is 4.79 Å². The Bertz CT molecular complexity index is 926. The van der Waals surface area contributed by atoms with E-state index in [1.54, 1.807) is 6.07 Å². The number of amides is 1. The first kappa shape index (κ1) is 19.8. The molecule has 3 rings (SSSR count). The number of pyridine rings is 1. The molecule has 2 aromatic rings. The van der Waals surface area contributed by atoms with E-state index in [0.29, 0.717) is 18.9 Å². The third-order valence-electron chi connectivity index (χ3n) is 4.33. The Balaban J connectivity index is 1.57. The van der Waals surface area contributed by atoms with Gasteiger partial charge in [-0.1, -0.05) is 15.9 Å². The molecule has 0 unspecified atom stereocenters. The SMILES string of the molecule is Cc1cc(Br)ccc1NC(=O)CNc1ccc(S(=O)(=O)N2CCCC2)cn1. The minimum Gasteiger partial charge on any atom is -0.361 e. The minimum absolute atomic E-state index is 0.0285. The van der Waals surface area contributed by atoms with E-state index in [4.69, 9.17) is 0 Å². The van der Waals surface area contributed by atoms with Crippen molar-refractivity contribution in [1.29, 1.82) is 0 Å². The molecule has 2 N–H and O–H groups in total. The van der Waals surface area contributed by atoms with Crippen LogP contribution in [0.25, 0.3) is 0 Å². The summed E-state index contributed by atoms with van der Waals surface area (Å²) in [5, 5.41) is 5.73. The Kier molecular flexibility index (Phi) is 6.13. The number of aromatic nitrogens is 1. The van der Waals surface area contributed by atoms with Gasteiger partial charge in [0.25, 0.3) is 0 Å². The average Bonchev–Trinajstić information content (AvgIpc) is 3.18. The van der Waals surface area contributed by atoms with E-state index in [0.717, 1.165) is 28.6 Å². The molecule has 1 saturated heterocycles. The van der Waals surface area contributed by atoms with Gasteiger partial charge in [0.15, 0.2) is 0 Å². The van der Waals surface area contributed by atoms with Gasteiger partial charge >= 0.3 is 0 Å². The first-order valence-electron chi connectivity index (χ1n) is 8.62. The highest BCUT2D eigenvalue weighted by molar-refractivity contribution is 9.10. The van der Waals surface area contributed by atoms with Gasteiger partial charge in [-0.2, -0.15) is 4.31 Å². The number of carbonyl (C=O) groups is 1. The Morgan fingerprint density at radius 1 is 1.22 bits per heavy atom. The first-order chi connectivity index (χ1) is 12.9. The highest BCUT2D eigenvalue weighted by Gasteiger charge is 2.27. The predicted molar refractivity (Wildman–Crippen MR) is 108 cm³/mol. The molecule has 0 radical (unpaired) electrons. The third kappa shape index (κ3) is 4.85. The molecule has 0 spiro atoms. The zero-order valence-electron chi connectivity index (χ0n) is 14.9. The van der Waals surface area contributed by atoms with E-state index in [9.17, 15) is 13.2 Å². The second-order valence-corrected chi connectivity index (χ2v) is 9.20. The molecule has 0 aliphatic carbocycles. The van der Waals surface area contributed by atoms with Crippen LogP contribution >= 0.6 is 15.9 Å². The maximum atomic E-state index is 12.5. The zero-order chi connectivity index (χ0) is 19.4. The number of hydrogen-bond acceptors (Lipinski definition) is 5. The van der Waals surface area contributed by atoms with E-state index in [1.807, 2.05) is 25.1 Å². The molecule has 1 aliphatic rings. The van der Waals surface area contributed by atoms with E-state index in [1.165, 1.54) is 16.6 Å². The summed E-state index contributed by atoms with van der Waals surface area (Å²) in [5.74, 6) is 0.231. The fourth-order valence-electron chi connectivity index (χ4n) is 2.85. The van der Waals surface area contributed by atoms with Crippen molar-refractivity contribution in [3.05, 3.63) is 46.6 Å². The van der Waals surface area contributed by atoms with Crippen molar-refractivity contribution in [1.82, 2.24) is 9.29 Å². The van der Waals surface area contributed by atoms with Crippen LogP contribution in [-0.4, -0.2) is 43.2 Å². The second-order valence-electron chi connectivity index (χ2n) is 6.35. The van der Waals surface area contributed by atoms with Crippen LogP contribution in [0.4, 0.5) is 11.5 Å². The predicted octanol–water partition coefficient (Wildman–Crippen LogP) is 2.99. The number of anilines is 2. The number of sulfonamides is 1. The van der Waals surface area contributed by atoms with Gasteiger partial charge in [-0.15, -0.1) is 0 Å². The maximum absolute atomic E-state index is 12.5. The highest BCUT2D eigenvalue weighted by atomic mass is 79.9. The molecule has 1 aromatic heterocycles. The van der Waals surface area contributed by atoms with E-state index in [2.05, 4.69) is 31.5 Å². The molecule has 0 bridgehead atoms. The lowest BCUT2D eigenvalue weighted by Gasteiger charge is -2.15. The van der Waals surface area contributed by atoms with Crippen LogP contribution in [0.15, 0.2) is 45.9 Å². The topological polar surface area (TPSA) is 91.4 Å². The van der Waals surface area contributed by atoms with Crippen molar-refractivity contribution >= 4 is 43.4 Å². The summed E-state index contributed by atoms with van der Waals surface area (Å²) in [6.07, 6.45) is 3.10. The Morgan fingerprint density at radius 3 is 2.59 bits per heavy atom. The number of carbonyl (C=O) groups excluding carboxylic acids is 1. The van der Waals surface area contributed by atoms with E-state index < -0.39 is 10.0 Å². The van der Waals surface area contributed by atoms with Gasteiger partial charge in [0.1, 0.15) is 10.7 Å². The lowest BCUT2D eigenvalue weighted by atomic mass is 10.2. The van der Waals surface area contributed by atoms with E-state index in [-0.39, 0.29) is 17.3 Å². The molecule has 9 heteroatoms. The van der Waals surface area contributed by atoms with Crippen molar-refractivity contribution in [2.24, 2.45) is 0 Å². The van der Waals surface area contributed by atoms with Crippen LogP contribution in [0, 0.1) is 6.92 Å². The number of hydrogen-bond donors (Lipinski definition) is 2. The van der Waals surface area contributed by atoms with E-state index >= 15 is 0 Å². The lowest BCUT2D eigenvalue weighted by molar-refractivity contribution is -0.114. The lowest BCUT2D eigenvalue weighted by Crippen LogP contribution is -2.28. The van der Waals surface area contributed by atoms with Gasteiger partial charge in [0.05, 0.1) is 6.54 Å². The maximum Gasteiger partial charge on any atom is 0.244 e. The van der Waals surface area contributed by atoms with Crippen LogP contribution in [-0.2, 0) is 14.8 Å². The number of halogens is 1. The molecule has 1 aromatic carbocycles. The highest BCUT2D eigenvalue weighted by Crippen LogP contribution is 2.21. The normalized spacial score (nSPS) is 14.9. The molecule has 144 valence electrons. The summed E-state index contributed by atoms with van der Waals surface area (Å²) in [4.78, 5) is 16.4. The fourth-order valence-corrected chi connectivity index (χ4v) is 4.79. The van der Waals surface area contributed by atoms with Crippen LogP contribution in [0.2, 0.25) is 0 Å². The van der Waals surface area contributed by atoms with Gasteiger partial charge in [0.2, 0.25) is 15.9 Å². The molecular formula is C18H21BrN4O3S. The zero-order valence-corrected chi connectivity index (χ0v) is 17.3. The third-order valence-corrected chi connectivity index (χ3v) is 6.71. The van der Waals surface area contributed by atoms with Crippen molar-refractivity contribution in [3.8, 4) is 0 Å². The number of nitrogens with zero attached hydrogens (tertiary/aromatic N) is 2. The van der Waals surface area contributed by atoms with Crippen LogP contribution in [0.1, 0.15) is 18.4 Å². The van der Waals surface area contributed by atoms with Gasteiger partial charge in [-0.05, 0) is 55.7 Å². The average molecular weight is 453 g/mol. The van der Waals surface area contributed by atoms with Crippen LogP contribution < -0.4 is 10.6 Å². The molecule has 1 aliphatic heterocycles. The molecular weight excluding hydrogens is 432 g/mol. The fraction of sp³-hybridized carbons (Fsp3) is 0.333. The van der Waals surface area contributed by atoms with Gasteiger partial charge in [-0.25, -0.2) is 13.4 Å². The molecule has 27 heavy (non-hydrogen) atoms. The molecule has 7 nitrogen and oxygen atoms in total. The Hall–Kier alpha value is -1.97. The largest absolute Gasteiger partial charge is 0.361 e. The van der Waals surface area contributed by atoms with Gasteiger partial charge in [0, 0.05) is 29.4 Å². The van der Waals surface area contributed by atoms with Crippen molar-refractivity contribution < 1.29 is 13.2 Å². The molecule has 2 heterocycles. The second kappa shape index (κ2) is 8.37. The standard InChI is InChI=1S/C18H21BrN4O3S/c1-13-10-14(19)4-6-16(13)22-18(24)12-21-17-7-5-15(11-20-17)27(25,26)23-8-2-3-9-23/h4-7,10-11H,2-3,8-9,12H2,1H3,(H,20,21)(H,22,24). The number of rotatable bonds is 6. The van der Waals surface area contributed by atoms with Crippen molar-refractivity contribution in [3.63, 3.8) is 0 Å². The van der Waals surface area contributed by atoms with Crippen LogP contribution in [0.5, 0.6) is 0 Å². The summed E-state index contributed by atoms with van der Waals surface area (Å²) in [7, 11) is -3.48. The summed E-state index contributed by atoms with van der Waals surface area (Å²) >= 11 is 3.39. The quantitative estimate of drug-likeness (QED) is 0.702. The molecule has 1 fully saturated rings. The Labute approximate surface area is 167 Å².